The average Bonchev–Trinajstić information content (AvgIpc) is 3.09. The predicted octanol–water partition coefficient (Wildman–Crippen LogP) is 5.61. The topological polar surface area (TPSA) is 55.1 Å². The second-order valence-electron chi connectivity index (χ2n) is 7.65. The minimum Gasteiger partial charge on any atom is -0.364 e. The van der Waals surface area contributed by atoms with Crippen LogP contribution in [0.3, 0.4) is 0 Å². The molecule has 2 aromatic carbocycles. The van der Waals surface area contributed by atoms with Crippen LogP contribution in [0.2, 0.25) is 5.02 Å². The van der Waals surface area contributed by atoms with Gasteiger partial charge in [-0.05, 0) is 62.6 Å². The van der Waals surface area contributed by atoms with Crippen molar-refractivity contribution in [2.24, 2.45) is 0 Å². The SMILES string of the molecule is CC(C)(C)[S@](=O)N[C@@H](Cc1cc(F)cc(F)c1)c1nocc1-c1ccc(Cl)cc1. The summed E-state index contributed by atoms with van der Waals surface area (Å²) < 4.78 is 47.8. The molecule has 0 spiro atoms. The third-order valence-electron chi connectivity index (χ3n) is 4.25. The Hall–Kier alpha value is -2.09. The number of nitrogens with zero attached hydrogens (tertiary/aromatic N) is 1. The lowest BCUT2D eigenvalue weighted by Crippen LogP contribution is -2.36. The Morgan fingerprint density at radius 1 is 1.14 bits per heavy atom. The molecule has 0 radical (unpaired) electrons. The summed E-state index contributed by atoms with van der Waals surface area (Å²) in [6.07, 6.45) is 1.66. The molecule has 2 atom stereocenters. The van der Waals surface area contributed by atoms with E-state index in [0.717, 1.165) is 11.6 Å². The predicted molar refractivity (Wildman–Crippen MR) is 111 cm³/mol. The van der Waals surface area contributed by atoms with Crippen molar-refractivity contribution in [1.29, 1.82) is 0 Å². The number of hydrogen-bond acceptors (Lipinski definition) is 3. The van der Waals surface area contributed by atoms with Crippen LogP contribution in [-0.4, -0.2) is 14.1 Å². The number of hydrogen-bond donors (Lipinski definition) is 1. The van der Waals surface area contributed by atoms with Crippen LogP contribution in [0.1, 0.15) is 38.1 Å². The fraction of sp³-hybridized carbons (Fsp3) is 0.286. The van der Waals surface area contributed by atoms with Gasteiger partial charge >= 0.3 is 0 Å². The summed E-state index contributed by atoms with van der Waals surface area (Å²) in [5.41, 5.74) is 2.40. The van der Waals surface area contributed by atoms with Gasteiger partial charge in [0.15, 0.2) is 0 Å². The summed E-state index contributed by atoms with van der Waals surface area (Å²) in [5, 5.41) is 4.69. The third kappa shape index (κ3) is 5.50. The molecule has 0 bridgehead atoms. The summed E-state index contributed by atoms with van der Waals surface area (Å²) in [6.45, 7) is 5.49. The van der Waals surface area contributed by atoms with E-state index in [4.69, 9.17) is 16.1 Å². The van der Waals surface area contributed by atoms with Gasteiger partial charge in [-0.15, -0.1) is 0 Å². The fourth-order valence-electron chi connectivity index (χ4n) is 2.81. The minimum atomic E-state index is -1.44. The molecule has 0 saturated heterocycles. The summed E-state index contributed by atoms with van der Waals surface area (Å²) in [5.74, 6) is -1.34. The molecule has 1 N–H and O–H groups in total. The van der Waals surface area contributed by atoms with Gasteiger partial charge in [0.05, 0.1) is 21.8 Å². The quantitative estimate of drug-likeness (QED) is 0.544. The van der Waals surface area contributed by atoms with Crippen molar-refractivity contribution in [1.82, 2.24) is 9.88 Å². The van der Waals surface area contributed by atoms with Gasteiger partial charge in [0, 0.05) is 16.7 Å². The van der Waals surface area contributed by atoms with E-state index in [-0.39, 0.29) is 6.42 Å². The molecule has 1 heterocycles. The number of nitrogens with one attached hydrogen (secondary N) is 1. The summed E-state index contributed by atoms with van der Waals surface area (Å²) in [6, 6.07) is 9.83. The minimum absolute atomic E-state index is 0.170. The molecule has 0 aliphatic carbocycles. The highest BCUT2D eigenvalue weighted by Crippen LogP contribution is 2.31. The first kappa shape index (κ1) is 21.6. The highest BCUT2D eigenvalue weighted by molar-refractivity contribution is 7.84. The highest BCUT2D eigenvalue weighted by atomic mass is 35.5. The van der Waals surface area contributed by atoms with Gasteiger partial charge in [0.25, 0.3) is 0 Å². The lowest BCUT2D eigenvalue weighted by molar-refractivity contribution is 0.402. The molecule has 3 rings (SSSR count). The van der Waals surface area contributed by atoms with Crippen molar-refractivity contribution in [3.8, 4) is 11.1 Å². The normalized spacial score (nSPS) is 14.0. The molecule has 0 aliphatic rings. The lowest BCUT2D eigenvalue weighted by Gasteiger charge is -2.24. The lowest BCUT2D eigenvalue weighted by atomic mass is 9.98. The first-order valence-corrected chi connectivity index (χ1v) is 10.5. The van der Waals surface area contributed by atoms with Crippen LogP contribution in [0.5, 0.6) is 0 Å². The van der Waals surface area contributed by atoms with Crippen molar-refractivity contribution in [2.75, 3.05) is 0 Å². The maximum atomic E-state index is 13.7. The van der Waals surface area contributed by atoms with Gasteiger partial charge in [-0.3, -0.25) is 0 Å². The molecule has 0 amide bonds. The molecule has 0 fully saturated rings. The molecule has 29 heavy (non-hydrogen) atoms. The van der Waals surface area contributed by atoms with Crippen molar-refractivity contribution in [3.63, 3.8) is 0 Å². The second-order valence-corrected chi connectivity index (χ2v) is 10.1. The Morgan fingerprint density at radius 3 is 2.34 bits per heavy atom. The molecule has 154 valence electrons. The first-order chi connectivity index (χ1) is 13.6. The van der Waals surface area contributed by atoms with E-state index in [1.165, 1.54) is 18.4 Å². The van der Waals surface area contributed by atoms with Crippen LogP contribution in [0.25, 0.3) is 11.1 Å². The van der Waals surface area contributed by atoms with Gasteiger partial charge in [-0.1, -0.05) is 28.9 Å². The zero-order valence-electron chi connectivity index (χ0n) is 16.2. The number of aromatic nitrogens is 1. The van der Waals surface area contributed by atoms with Gasteiger partial charge in [-0.2, -0.15) is 0 Å². The maximum Gasteiger partial charge on any atom is 0.131 e. The highest BCUT2D eigenvalue weighted by Gasteiger charge is 2.28. The Balaban J connectivity index is 2.00. The summed E-state index contributed by atoms with van der Waals surface area (Å²) in [7, 11) is -1.44. The Labute approximate surface area is 175 Å². The van der Waals surface area contributed by atoms with E-state index in [9.17, 15) is 13.0 Å². The van der Waals surface area contributed by atoms with Gasteiger partial charge in [0.1, 0.15) is 23.6 Å². The van der Waals surface area contributed by atoms with Crippen LogP contribution in [-0.2, 0) is 17.4 Å². The van der Waals surface area contributed by atoms with E-state index < -0.39 is 33.4 Å². The van der Waals surface area contributed by atoms with E-state index >= 15 is 0 Å². The van der Waals surface area contributed by atoms with E-state index in [1.807, 2.05) is 32.9 Å². The molecule has 0 aliphatic heterocycles. The zero-order valence-corrected chi connectivity index (χ0v) is 17.8. The summed E-state index contributed by atoms with van der Waals surface area (Å²) in [4.78, 5) is 0. The molecule has 1 aromatic heterocycles. The fourth-order valence-corrected chi connectivity index (χ4v) is 3.74. The van der Waals surface area contributed by atoms with Crippen molar-refractivity contribution in [3.05, 3.63) is 76.6 Å². The van der Waals surface area contributed by atoms with Crippen LogP contribution in [0, 0.1) is 11.6 Å². The number of benzene rings is 2. The first-order valence-electron chi connectivity index (χ1n) is 8.96. The van der Waals surface area contributed by atoms with E-state index in [2.05, 4.69) is 9.88 Å². The smallest absolute Gasteiger partial charge is 0.131 e. The van der Waals surface area contributed by atoms with E-state index in [1.54, 1.807) is 12.1 Å². The van der Waals surface area contributed by atoms with Crippen LogP contribution < -0.4 is 4.72 Å². The third-order valence-corrected chi connectivity index (χ3v) is 6.11. The second kappa shape index (κ2) is 8.73. The van der Waals surface area contributed by atoms with Gasteiger partial charge in [0.2, 0.25) is 0 Å². The zero-order chi connectivity index (χ0) is 21.2. The Kier molecular flexibility index (Phi) is 6.51. The summed E-state index contributed by atoms with van der Waals surface area (Å²) >= 11 is 5.97. The monoisotopic (exact) mass is 438 g/mol. The Bertz CT molecular complexity index is 996. The molecule has 0 saturated carbocycles. The average molecular weight is 439 g/mol. The maximum absolute atomic E-state index is 13.7. The molecule has 4 nitrogen and oxygen atoms in total. The van der Waals surface area contributed by atoms with Crippen LogP contribution in [0.4, 0.5) is 8.78 Å². The molecule has 3 aromatic rings. The number of halogens is 3. The largest absolute Gasteiger partial charge is 0.364 e. The molecule has 0 unspecified atom stereocenters. The van der Waals surface area contributed by atoms with Gasteiger partial charge < -0.3 is 4.52 Å². The van der Waals surface area contributed by atoms with E-state index in [0.29, 0.717) is 21.8 Å². The number of rotatable bonds is 6. The Morgan fingerprint density at radius 2 is 1.76 bits per heavy atom. The van der Waals surface area contributed by atoms with Crippen molar-refractivity contribution in [2.45, 2.75) is 38.0 Å². The van der Waals surface area contributed by atoms with Crippen molar-refractivity contribution >= 4 is 22.6 Å². The van der Waals surface area contributed by atoms with Crippen molar-refractivity contribution < 1.29 is 17.5 Å². The van der Waals surface area contributed by atoms with Crippen LogP contribution in [0.15, 0.2) is 53.3 Å². The van der Waals surface area contributed by atoms with Gasteiger partial charge in [-0.25, -0.2) is 17.7 Å². The van der Waals surface area contributed by atoms with Crippen LogP contribution >= 0.6 is 11.6 Å². The standard InChI is InChI=1S/C21H21ClF2N2O2S/c1-21(2,3)29(27)26-19(10-13-8-16(23)11-17(24)9-13)20-18(12-28-25-20)14-4-6-15(22)7-5-14/h4-9,11-12,19,26H,10H2,1-3H3/t19-,29-/m0/s1. The molecule has 8 heteroatoms. The molecular weight excluding hydrogens is 418 g/mol. The molecular formula is C21H21ClF2N2O2S.